The molecule has 0 N–H and O–H groups in total. The van der Waals surface area contributed by atoms with Crippen molar-refractivity contribution in [3.63, 3.8) is 0 Å². The van der Waals surface area contributed by atoms with Crippen molar-refractivity contribution in [2.24, 2.45) is 7.05 Å². The molecule has 0 aliphatic carbocycles. The smallest absolute Gasteiger partial charge is 0.218 e. The van der Waals surface area contributed by atoms with Gasteiger partial charge in [-0.2, -0.15) is 4.31 Å². The zero-order valence-corrected chi connectivity index (χ0v) is 16.2. The molecule has 2 aromatic heterocycles. The number of nitrogens with zero attached hydrogens (tertiary/aromatic N) is 6. The Labute approximate surface area is 158 Å². The van der Waals surface area contributed by atoms with Gasteiger partial charge in [0, 0.05) is 33.2 Å². The van der Waals surface area contributed by atoms with Crippen molar-refractivity contribution in [3.05, 3.63) is 48.5 Å². The van der Waals surface area contributed by atoms with Crippen LogP contribution in [0.25, 0.3) is 11.2 Å². The van der Waals surface area contributed by atoms with E-state index in [-0.39, 0.29) is 11.8 Å². The molecule has 3 heterocycles. The molecular formula is C18H22N6O2S. The maximum absolute atomic E-state index is 12.8. The Kier molecular flexibility index (Phi) is 4.56. The van der Waals surface area contributed by atoms with Crippen LogP contribution in [-0.4, -0.2) is 58.4 Å². The Balaban J connectivity index is 1.52. The summed E-state index contributed by atoms with van der Waals surface area (Å²) >= 11 is 0. The largest absolute Gasteiger partial charge is 0.353 e. The maximum atomic E-state index is 12.8. The molecule has 27 heavy (non-hydrogen) atoms. The normalized spacial score (nSPS) is 17.9. The molecule has 1 aliphatic rings. The fourth-order valence-electron chi connectivity index (χ4n) is 3.51. The van der Waals surface area contributed by atoms with E-state index in [1.54, 1.807) is 13.4 Å². The van der Waals surface area contributed by atoms with E-state index in [2.05, 4.69) is 19.9 Å². The zero-order chi connectivity index (χ0) is 19.0. The van der Waals surface area contributed by atoms with Crippen LogP contribution >= 0.6 is 0 Å². The van der Waals surface area contributed by atoms with Crippen molar-refractivity contribution < 1.29 is 8.42 Å². The van der Waals surface area contributed by atoms with Gasteiger partial charge in [-0.1, -0.05) is 30.3 Å². The summed E-state index contributed by atoms with van der Waals surface area (Å²) in [4.78, 5) is 15.2. The number of sulfonamides is 1. The lowest BCUT2D eigenvalue weighted by Crippen LogP contribution is -2.39. The summed E-state index contributed by atoms with van der Waals surface area (Å²) in [5.74, 6) is 0.774. The summed E-state index contributed by atoms with van der Waals surface area (Å²) in [6.45, 7) is 1.33. The molecule has 0 radical (unpaired) electrons. The number of likely N-dealkylation sites (N-methyl/N-ethyl adjacent to an activating group) is 1. The first-order chi connectivity index (χ1) is 13.0. The van der Waals surface area contributed by atoms with Gasteiger partial charge >= 0.3 is 0 Å². The van der Waals surface area contributed by atoms with Gasteiger partial charge in [0.1, 0.15) is 6.33 Å². The summed E-state index contributed by atoms with van der Waals surface area (Å²) in [5.41, 5.74) is 2.31. The molecule has 0 spiro atoms. The Morgan fingerprint density at radius 2 is 1.96 bits per heavy atom. The van der Waals surface area contributed by atoms with E-state index < -0.39 is 10.0 Å². The van der Waals surface area contributed by atoms with E-state index in [9.17, 15) is 8.42 Å². The van der Waals surface area contributed by atoms with Gasteiger partial charge in [-0.25, -0.2) is 23.4 Å². The highest BCUT2D eigenvalue weighted by Gasteiger charge is 2.33. The highest BCUT2D eigenvalue weighted by molar-refractivity contribution is 7.88. The van der Waals surface area contributed by atoms with Gasteiger partial charge in [0.15, 0.2) is 17.0 Å². The minimum absolute atomic E-state index is 0.0127. The van der Waals surface area contributed by atoms with E-state index in [0.717, 1.165) is 35.5 Å². The number of anilines is 1. The third kappa shape index (κ3) is 3.40. The molecule has 1 unspecified atom stereocenters. The second-order valence-corrected chi connectivity index (χ2v) is 8.90. The standard InChI is InChI=1S/C18H22N6O2S/c1-22-13-21-16-17(22)19-12-20-18(16)24-9-8-15(10-24)23(2)27(25,26)11-14-6-4-3-5-7-14/h3-7,12-13,15H,8-11H2,1-2H3. The van der Waals surface area contributed by atoms with E-state index >= 15 is 0 Å². The van der Waals surface area contributed by atoms with Gasteiger partial charge in [-0.05, 0) is 12.0 Å². The highest BCUT2D eigenvalue weighted by Crippen LogP contribution is 2.27. The molecule has 0 amide bonds. The number of fused-ring (bicyclic) bond motifs is 1. The summed E-state index contributed by atoms with van der Waals surface area (Å²) < 4.78 is 29.0. The molecular weight excluding hydrogens is 364 g/mol. The molecule has 1 fully saturated rings. The average Bonchev–Trinajstić information content (AvgIpc) is 3.29. The first-order valence-corrected chi connectivity index (χ1v) is 10.4. The minimum Gasteiger partial charge on any atom is -0.353 e. The minimum atomic E-state index is -3.39. The van der Waals surface area contributed by atoms with Crippen molar-refractivity contribution in [1.29, 1.82) is 0 Å². The van der Waals surface area contributed by atoms with E-state index in [4.69, 9.17) is 0 Å². The van der Waals surface area contributed by atoms with Crippen LogP contribution in [0.3, 0.4) is 0 Å². The summed E-state index contributed by atoms with van der Waals surface area (Å²) in [5, 5.41) is 0. The van der Waals surface area contributed by atoms with Crippen LogP contribution in [0.15, 0.2) is 43.0 Å². The van der Waals surface area contributed by atoms with Gasteiger partial charge in [0.05, 0.1) is 12.1 Å². The van der Waals surface area contributed by atoms with Crippen LogP contribution in [0.5, 0.6) is 0 Å². The van der Waals surface area contributed by atoms with Crippen molar-refractivity contribution in [3.8, 4) is 0 Å². The van der Waals surface area contributed by atoms with Crippen LogP contribution in [0.2, 0.25) is 0 Å². The van der Waals surface area contributed by atoms with Crippen LogP contribution in [0.4, 0.5) is 5.82 Å². The monoisotopic (exact) mass is 386 g/mol. The molecule has 142 valence electrons. The lowest BCUT2D eigenvalue weighted by atomic mass is 10.2. The van der Waals surface area contributed by atoms with Gasteiger partial charge in [-0.3, -0.25) is 0 Å². The fraction of sp³-hybridized carbons (Fsp3) is 0.389. The number of aromatic nitrogens is 4. The lowest BCUT2D eigenvalue weighted by molar-refractivity contribution is 0.389. The van der Waals surface area contributed by atoms with Crippen molar-refractivity contribution in [2.45, 2.75) is 18.2 Å². The molecule has 3 aromatic rings. The van der Waals surface area contributed by atoms with Gasteiger partial charge < -0.3 is 9.47 Å². The molecule has 1 aliphatic heterocycles. The van der Waals surface area contributed by atoms with Gasteiger partial charge in [-0.15, -0.1) is 0 Å². The van der Waals surface area contributed by atoms with Gasteiger partial charge in [0.2, 0.25) is 10.0 Å². The molecule has 1 aromatic carbocycles. The highest BCUT2D eigenvalue weighted by atomic mass is 32.2. The molecule has 0 saturated carbocycles. The first-order valence-electron chi connectivity index (χ1n) is 8.82. The molecule has 1 saturated heterocycles. The number of hydrogen-bond donors (Lipinski definition) is 0. The third-order valence-electron chi connectivity index (χ3n) is 5.09. The van der Waals surface area contributed by atoms with Crippen molar-refractivity contribution >= 4 is 27.0 Å². The molecule has 1 atom stereocenters. The van der Waals surface area contributed by atoms with Crippen LogP contribution < -0.4 is 4.90 Å². The SMILES string of the molecule is CN(C1CCN(c2ncnc3c2ncn3C)C1)S(=O)(=O)Cc1ccccc1. The van der Waals surface area contributed by atoms with E-state index in [1.807, 2.05) is 41.9 Å². The Morgan fingerprint density at radius 3 is 2.74 bits per heavy atom. The average molecular weight is 386 g/mol. The van der Waals surface area contributed by atoms with E-state index in [0.29, 0.717) is 6.54 Å². The fourth-order valence-corrected chi connectivity index (χ4v) is 4.95. The predicted octanol–water partition coefficient (Wildman–Crippen LogP) is 1.40. The molecule has 8 nitrogen and oxygen atoms in total. The second kappa shape index (κ2) is 6.90. The Bertz CT molecular complexity index is 1050. The van der Waals surface area contributed by atoms with Crippen molar-refractivity contribution in [1.82, 2.24) is 23.8 Å². The summed E-state index contributed by atoms with van der Waals surface area (Å²) in [7, 11) is 0.175. The Hall–Kier alpha value is -2.52. The number of rotatable bonds is 5. The summed E-state index contributed by atoms with van der Waals surface area (Å²) in [6.07, 6.45) is 4.00. The number of imidazole rings is 1. The topological polar surface area (TPSA) is 84.2 Å². The van der Waals surface area contributed by atoms with Crippen LogP contribution in [-0.2, 0) is 22.8 Å². The molecule has 0 bridgehead atoms. The molecule has 9 heteroatoms. The third-order valence-corrected chi connectivity index (χ3v) is 6.96. The zero-order valence-electron chi connectivity index (χ0n) is 15.4. The Morgan fingerprint density at radius 1 is 1.19 bits per heavy atom. The predicted molar refractivity (Wildman–Crippen MR) is 104 cm³/mol. The quantitative estimate of drug-likeness (QED) is 0.659. The number of aryl methyl sites for hydroxylation is 1. The van der Waals surface area contributed by atoms with Gasteiger partial charge in [0.25, 0.3) is 0 Å². The molecule has 4 rings (SSSR count). The lowest BCUT2D eigenvalue weighted by Gasteiger charge is -2.24. The van der Waals surface area contributed by atoms with Crippen LogP contribution in [0.1, 0.15) is 12.0 Å². The van der Waals surface area contributed by atoms with E-state index in [1.165, 1.54) is 10.6 Å². The number of benzene rings is 1. The maximum Gasteiger partial charge on any atom is 0.218 e. The first kappa shape index (κ1) is 17.9. The number of hydrogen-bond acceptors (Lipinski definition) is 6. The second-order valence-electron chi connectivity index (χ2n) is 6.87. The summed E-state index contributed by atoms with van der Waals surface area (Å²) in [6, 6.07) is 9.18. The van der Waals surface area contributed by atoms with Crippen molar-refractivity contribution in [2.75, 3.05) is 25.0 Å². The van der Waals surface area contributed by atoms with Crippen LogP contribution in [0, 0.1) is 0 Å².